The van der Waals surface area contributed by atoms with Gasteiger partial charge in [0.1, 0.15) is 17.2 Å². The van der Waals surface area contributed by atoms with E-state index >= 15 is 0 Å². The number of rotatable bonds is 12. The van der Waals surface area contributed by atoms with Gasteiger partial charge in [-0.3, -0.25) is 14.5 Å². The smallest absolute Gasteiger partial charge is 0.278 e. The molecule has 33 heavy (non-hydrogen) atoms. The Morgan fingerprint density at radius 1 is 0.939 bits per heavy atom. The van der Waals surface area contributed by atoms with Crippen LogP contribution in [-0.4, -0.2) is 50.2 Å². The van der Waals surface area contributed by atoms with Crippen LogP contribution in [0.2, 0.25) is 0 Å². The van der Waals surface area contributed by atoms with Gasteiger partial charge in [-0.05, 0) is 42.2 Å². The highest BCUT2D eigenvalue weighted by molar-refractivity contribution is 6.36. The van der Waals surface area contributed by atoms with E-state index < -0.39 is 0 Å². The Morgan fingerprint density at radius 2 is 1.70 bits per heavy atom. The number of carbonyl (C=O) groups is 2. The molecule has 176 valence electrons. The van der Waals surface area contributed by atoms with Crippen LogP contribution < -0.4 is 14.8 Å². The third-order valence-corrected chi connectivity index (χ3v) is 4.99. The summed E-state index contributed by atoms with van der Waals surface area (Å²) in [4.78, 5) is 27.6. The van der Waals surface area contributed by atoms with E-state index in [1.807, 2.05) is 43.3 Å². The second-order valence-corrected chi connectivity index (χ2v) is 8.24. The highest BCUT2D eigenvalue weighted by Crippen LogP contribution is 2.32. The molecule has 0 atom stereocenters. The number of imide groups is 1. The minimum atomic E-state index is -0.382. The van der Waals surface area contributed by atoms with Crippen LogP contribution in [0.3, 0.4) is 0 Å². The predicted octanol–water partition coefficient (Wildman–Crippen LogP) is 4.35. The van der Waals surface area contributed by atoms with Crippen LogP contribution in [0.5, 0.6) is 11.5 Å². The van der Waals surface area contributed by atoms with Crippen molar-refractivity contribution in [2.75, 3.05) is 38.8 Å². The van der Waals surface area contributed by atoms with Crippen molar-refractivity contribution in [2.45, 2.75) is 27.2 Å². The summed E-state index contributed by atoms with van der Waals surface area (Å²) in [5.41, 5.74) is 1.87. The molecule has 7 nitrogen and oxygen atoms in total. The zero-order valence-corrected chi connectivity index (χ0v) is 19.7. The lowest BCUT2D eigenvalue weighted by Gasteiger charge is -2.14. The lowest BCUT2D eigenvalue weighted by atomic mass is 10.0. The highest BCUT2D eigenvalue weighted by atomic mass is 16.5. The van der Waals surface area contributed by atoms with Crippen molar-refractivity contribution in [3.63, 3.8) is 0 Å². The number of hydrogen-bond acceptors (Lipinski definition) is 6. The first-order valence-corrected chi connectivity index (χ1v) is 11.3. The number of anilines is 1. The maximum Gasteiger partial charge on any atom is 0.278 e. The summed E-state index contributed by atoms with van der Waals surface area (Å²) >= 11 is 0. The predicted molar refractivity (Wildman–Crippen MR) is 128 cm³/mol. The van der Waals surface area contributed by atoms with Crippen LogP contribution in [0.25, 0.3) is 5.57 Å². The standard InChI is InChI=1S/C26H32N2O5/c1-5-14-32-22-8-6-7-20(16-22)27-24-23(25(29)28(26(24)30)13-15-31-4)19-9-11-21(12-10-19)33-17-18(2)3/h6-12,16,18,27H,5,13-15,17H2,1-4H3. The van der Waals surface area contributed by atoms with Gasteiger partial charge in [0, 0.05) is 18.9 Å². The van der Waals surface area contributed by atoms with Crippen molar-refractivity contribution in [3.05, 3.63) is 59.8 Å². The number of benzene rings is 2. The van der Waals surface area contributed by atoms with Crippen molar-refractivity contribution in [3.8, 4) is 11.5 Å². The van der Waals surface area contributed by atoms with E-state index in [1.165, 1.54) is 12.0 Å². The molecule has 1 heterocycles. The molecule has 0 unspecified atom stereocenters. The largest absolute Gasteiger partial charge is 0.494 e. The summed E-state index contributed by atoms with van der Waals surface area (Å²) < 4.78 is 16.5. The van der Waals surface area contributed by atoms with Crippen LogP contribution >= 0.6 is 0 Å². The molecule has 0 fully saturated rings. The van der Waals surface area contributed by atoms with Gasteiger partial charge in [-0.15, -0.1) is 0 Å². The molecular formula is C26H32N2O5. The molecule has 7 heteroatoms. The normalized spacial score (nSPS) is 13.8. The minimum Gasteiger partial charge on any atom is -0.494 e. The molecule has 0 spiro atoms. The Morgan fingerprint density at radius 3 is 2.36 bits per heavy atom. The Hall–Kier alpha value is -3.32. The summed E-state index contributed by atoms with van der Waals surface area (Å²) in [5, 5.41) is 3.16. The molecule has 2 amide bonds. The van der Waals surface area contributed by atoms with E-state index in [-0.39, 0.29) is 30.7 Å². The monoisotopic (exact) mass is 452 g/mol. The molecule has 3 rings (SSSR count). The summed E-state index contributed by atoms with van der Waals surface area (Å²) in [6.45, 7) is 7.85. The second kappa shape index (κ2) is 11.5. The summed E-state index contributed by atoms with van der Waals surface area (Å²) in [6, 6.07) is 14.6. The van der Waals surface area contributed by atoms with Crippen molar-refractivity contribution < 1.29 is 23.8 Å². The van der Waals surface area contributed by atoms with E-state index in [1.54, 1.807) is 12.1 Å². The second-order valence-electron chi connectivity index (χ2n) is 8.24. The zero-order chi connectivity index (χ0) is 23.8. The quantitative estimate of drug-likeness (QED) is 0.483. The van der Waals surface area contributed by atoms with Gasteiger partial charge in [0.2, 0.25) is 0 Å². The number of nitrogens with one attached hydrogen (secondary N) is 1. The Kier molecular flexibility index (Phi) is 8.49. The Labute approximate surface area is 195 Å². The van der Waals surface area contributed by atoms with Crippen LogP contribution in [0.1, 0.15) is 32.8 Å². The topological polar surface area (TPSA) is 77.1 Å². The van der Waals surface area contributed by atoms with Gasteiger partial charge in [0.05, 0.1) is 31.9 Å². The lowest BCUT2D eigenvalue weighted by molar-refractivity contribution is -0.137. The van der Waals surface area contributed by atoms with Gasteiger partial charge in [0.15, 0.2) is 0 Å². The molecule has 0 saturated carbocycles. The fourth-order valence-electron chi connectivity index (χ4n) is 3.35. The fraction of sp³-hybridized carbons (Fsp3) is 0.385. The van der Waals surface area contributed by atoms with Gasteiger partial charge >= 0.3 is 0 Å². The van der Waals surface area contributed by atoms with E-state index in [0.717, 1.165) is 12.2 Å². The molecule has 1 aliphatic heterocycles. The number of nitrogens with zero attached hydrogens (tertiary/aromatic N) is 1. The first-order valence-electron chi connectivity index (χ1n) is 11.3. The van der Waals surface area contributed by atoms with Crippen molar-refractivity contribution in [2.24, 2.45) is 5.92 Å². The number of amides is 2. The van der Waals surface area contributed by atoms with Crippen LogP contribution in [0.15, 0.2) is 54.2 Å². The van der Waals surface area contributed by atoms with E-state index in [9.17, 15) is 9.59 Å². The van der Waals surface area contributed by atoms with Gasteiger partial charge in [0.25, 0.3) is 11.8 Å². The molecule has 2 aromatic carbocycles. The number of ether oxygens (including phenoxy) is 3. The first kappa shape index (κ1) is 24.3. The molecule has 0 radical (unpaired) electrons. The number of methoxy groups -OCH3 is 1. The third-order valence-electron chi connectivity index (χ3n) is 4.99. The number of carbonyl (C=O) groups excluding carboxylic acids is 2. The SMILES string of the molecule is CCCOc1cccc(NC2=C(c3ccc(OCC(C)C)cc3)C(=O)N(CCOC)C2=O)c1. The van der Waals surface area contributed by atoms with Crippen LogP contribution in [-0.2, 0) is 14.3 Å². The first-order chi connectivity index (χ1) is 15.9. The minimum absolute atomic E-state index is 0.179. The fourth-order valence-corrected chi connectivity index (χ4v) is 3.35. The Balaban J connectivity index is 1.92. The van der Waals surface area contributed by atoms with E-state index in [4.69, 9.17) is 14.2 Å². The molecule has 2 aromatic rings. The average Bonchev–Trinajstić information content (AvgIpc) is 3.04. The summed E-state index contributed by atoms with van der Waals surface area (Å²) in [5.74, 6) is 1.09. The van der Waals surface area contributed by atoms with Gasteiger partial charge in [-0.25, -0.2) is 0 Å². The molecule has 0 aliphatic carbocycles. The Bertz CT molecular complexity index is 998. The molecule has 0 aromatic heterocycles. The van der Waals surface area contributed by atoms with E-state index in [2.05, 4.69) is 19.2 Å². The maximum absolute atomic E-state index is 13.2. The van der Waals surface area contributed by atoms with Crippen molar-refractivity contribution in [1.29, 1.82) is 0 Å². The van der Waals surface area contributed by atoms with Gasteiger partial charge in [-0.2, -0.15) is 0 Å². The van der Waals surface area contributed by atoms with Crippen LogP contribution in [0, 0.1) is 5.92 Å². The van der Waals surface area contributed by atoms with Gasteiger partial charge in [-0.1, -0.05) is 39.0 Å². The highest BCUT2D eigenvalue weighted by Gasteiger charge is 2.39. The van der Waals surface area contributed by atoms with Crippen molar-refractivity contribution in [1.82, 2.24) is 4.90 Å². The van der Waals surface area contributed by atoms with Gasteiger partial charge < -0.3 is 19.5 Å². The molecule has 1 N–H and O–H groups in total. The third kappa shape index (κ3) is 6.14. The zero-order valence-electron chi connectivity index (χ0n) is 19.7. The molecule has 0 bridgehead atoms. The summed E-state index contributed by atoms with van der Waals surface area (Å²) in [6.07, 6.45) is 0.894. The average molecular weight is 453 g/mol. The summed E-state index contributed by atoms with van der Waals surface area (Å²) in [7, 11) is 1.54. The number of hydrogen-bond donors (Lipinski definition) is 1. The van der Waals surface area contributed by atoms with Crippen LogP contribution in [0.4, 0.5) is 5.69 Å². The van der Waals surface area contributed by atoms with E-state index in [0.29, 0.717) is 41.7 Å². The molecule has 1 aliphatic rings. The maximum atomic E-state index is 13.2. The van der Waals surface area contributed by atoms with Crippen molar-refractivity contribution >= 4 is 23.1 Å². The molecule has 0 saturated heterocycles. The lowest BCUT2D eigenvalue weighted by Crippen LogP contribution is -2.35. The molecular weight excluding hydrogens is 420 g/mol.